The predicted octanol–water partition coefficient (Wildman–Crippen LogP) is 3.01. The molecule has 0 aliphatic heterocycles. The Balaban J connectivity index is 1.81. The summed E-state index contributed by atoms with van der Waals surface area (Å²) in [5.41, 5.74) is 3.15. The summed E-state index contributed by atoms with van der Waals surface area (Å²) in [5, 5.41) is 6.72. The van der Waals surface area contributed by atoms with Crippen molar-refractivity contribution < 1.29 is 14.0 Å². The number of hydrogen-bond acceptors (Lipinski definition) is 3. The molecule has 8 heteroatoms. The summed E-state index contributed by atoms with van der Waals surface area (Å²) in [5.74, 6) is -1.34. The van der Waals surface area contributed by atoms with E-state index in [2.05, 4.69) is 15.8 Å². The van der Waals surface area contributed by atoms with Gasteiger partial charge in [-0.1, -0.05) is 35.3 Å². The third-order valence-corrected chi connectivity index (χ3v) is 3.60. The van der Waals surface area contributed by atoms with E-state index in [1.807, 2.05) is 0 Å². The van der Waals surface area contributed by atoms with Crippen LogP contribution in [0.25, 0.3) is 0 Å². The first-order valence-corrected chi connectivity index (χ1v) is 7.52. The Bertz CT molecular complexity index is 779. The zero-order valence-corrected chi connectivity index (χ0v) is 13.7. The summed E-state index contributed by atoms with van der Waals surface area (Å²) in [6.45, 7) is -0.264. The van der Waals surface area contributed by atoms with E-state index in [0.29, 0.717) is 10.6 Å². The second-order valence-electron chi connectivity index (χ2n) is 4.66. The fraction of sp³-hybridized carbons (Fsp3) is 0.0625. The van der Waals surface area contributed by atoms with Gasteiger partial charge in [0.15, 0.2) is 0 Å². The van der Waals surface area contributed by atoms with Crippen molar-refractivity contribution in [1.82, 2.24) is 10.7 Å². The van der Waals surface area contributed by atoms with Crippen LogP contribution in [0.2, 0.25) is 10.0 Å². The average molecular weight is 368 g/mol. The van der Waals surface area contributed by atoms with Gasteiger partial charge in [0.05, 0.1) is 22.8 Å². The van der Waals surface area contributed by atoms with E-state index < -0.39 is 11.8 Å². The molecule has 0 aromatic heterocycles. The van der Waals surface area contributed by atoms with Gasteiger partial charge in [0, 0.05) is 5.56 Å². The molecular formula is C16H12Cl2FN3O2. The van der Waals surface area contributed by atoms with Crippen LogP contribution in [0.15, 0.2) is 47.6 Å². The maximum Gasteiger partial charge on any atom is 0.259 e. The summed E-state index contributed by atoms with van der Waals surface area (Å²) in [6, 6.07) is 9.97. The first kappa shape index (κ1) is 17.9. The first-order chi connectivity index (χ1) is 11.5. The van der Waals surface area contributed by atoms with E-state index in [0.717, 1.165) is 0 Å². The molecule has 2 amide bonds. The van der Waals surface area contributed by atoms with Crippen LogP contribution in [-0.4, -0.2) is 24.6 Å². The SMILES string of the molecule is O=C(CNC(=O)c1ccc(Cl)c(Cl)c1)NN=Cc1ccc(F)cc1. The molecule has 0 aliphatic carbocycles. The third kappa shape index (κ3) is 5.33. The van der Waals surface area contributed by atoms with Crippen molar-refractivity contribution in [2.24, 2.45) is 5.10 Å². The molecule has 0 unspecified atom stereocenters. The highest BCUT2D eigenvalue weighted by atomic mass is 35.5. The van der Waals surface area contributed by atoms with Gasteiger partial charge in [0.25, 0.3) is 11.8 Å². The predicted molar refractivity (Wildman–Crippen MR) is 90.9 cm³/mol. The van der Waals surface area contributed by atoms with Crippen LogP contribution in [0.4, 0.5) is 4.39 Å². The molecule has 24 heavy (non-hydrogen) atoms. The highest BCUT2D eigenvalue weighted by Gasteiger charge is 2.09. The van der Waals surface area contributed by atoms with Gasteiger partial charge < -0.3 is 5.32 Å². The molecule has 0 heterocycles. The maximum atomic E-state index is 12.7. The van der Waals surface area contributed by atoms with Gasteiger partial charge in [0.2, 0.25) is 0 Å². The number of nitrogens with one attached hydrogen (secondary N) is 2. The lowest BCUT2D eigenvalue weighted by molar-refractivity contribution is -0.120. The summed E-state index contributed by atoms with van der Waals surface area (Å²) in [7, 11) is 0. The van der Waals surface area contributed by atoms with Gasteiger partial charge in [-0.3, -0.25) is 9.59 Å². The Labute approximate surface area is 147 Å². The maximum absolute atomic E-state index is 12.7. The van der Waals surface area contributed by atoms with Gasteiger partial charge >= 0.3 is 0 Å². The van der Waals surface area contributed by atoms with Gasteiger partial charge in [-0.15, -0.1) is 0 Å². The Morgan fingerprint density at radius 1 is 1.08 bits per heavy atom. The second-order valence-corrected chi connectivity index (χ2v) is 5.47. The smallest absolute Gasteiger partial charge is 0.259 e. The van der Waals surface area contributed by atoms with Crippen molar-refractivity contribution in [2.45, 2.75) is 0 Å². The number of amides is 2. The third-order valence-electron chi connectivity index (χ3n) is 2.86. The standard InChI is InChI=1S/C16H12Cl2FN3O2/c17-13-6-3-11(7-14(13)18)16(24)20-9-15(23)22-21-8-10-1-4-12(19)5-2-10/h1-8H,9H2,(H,20,24)(H,22,23). The number of hydrogen-bond donors (Lipinski definition) is 2. The molecule has 0 atom stereocenters. The molecule has 2 aromatic carbocycles. The summed E-state index contributed by atoms with van der Waals surface area (Å²) in [4.78, 5) is 23.5. The number of nitrogens with zero attached hydrogens (tertiary/aromatic N) is 1. The van der Waals surface area contributed by atoms with Crippen LogP contribution in [0.5, 0.6) is 0 Å². The van der Waals surface area contributed by atoms with Gasteiger partial charge in [-0.25, -0.2) is 9.82 Å². The molecule has 0 aliphatic rings. The molecule has 0 radical (unpaired) electrons. The van der Waals surface area contributed by atoms with Crippen molar-refractivity contribution in [3.63, 3.8) is 0 Å². The number of halogens is 3. The minimum atomic E-state index is -0.512. The van der Waals surface area contributed by atoms with E-state index in [4.69, 9.17) is 23.2 Å². The normalized spacial score (nSPS) is 10.6. The Morgan fingerprint density at radius 2 is 1.79 bits per heavy atom. The van der Waals surface area contributed by atoms with Crippen LogP contribution in [0.1, 0.15) is 15.9 Å². The van der Waals surface area contributed by atoms with E-state index in [-0.39, 0.29) is 22.9 Å². The monoisotopic (exact) mass is 367 g/mol. The minimum absolute atomic E-state index is 0.248. The van der Waals surface area contributed by atoms with Gasteiger partial charge in [-0.2, -0.15) is 5.10 Å². The van der Waals surface area contributed by atoms with Crippen molar-refractivity contribution in [3.05, 3.63) is 69.5 Å². The zero-order chi connectivity index (χ0) is 17.5. The number of rotatable bonds is 5. The molecule has 0 spiro atoms. The molecule has 0 saturated carbocycles. The summed E-state index contributed by atoms with van der Waals surface area (Å²) >= 11 is 11.6. The van der Waals surface area contributed by atoms with Gasteiger partial charge in [0.1, 0.15) is 5.82 Å². The topological polar surface area (TPSA) is 70.6 Å². The van der Waals surface area contributed by atoms with Crippen LogP contribution in [-0.2, 0) is 4.79 Å². The molecule has 0 bridgehead atoms. The number of carbonyl (C=O) groups excluding carboxylic acids is 2. The summed E-state index contributed by atoms with van der Waals surface area (Å²) < 4.78 is 12.7. The zero-order valence-electron chi connectivity index (χ0n) is 12.2. The number of hydrazone groups is 1. The molecule has 124 valence electrons. The molecule has 0 fully saturated rings. The Hall–Kier alpha value is -2.44. The largest absolute Gasteiger partial charge is 0.343 e. The van der Waals surface area contributed by atoms with Crippen LogP contribution < -0.4 is 10.7 Å². The molecule has 0 saturated heterocycles. The van der Waals surface area contributed by atoms with Crippen molar-refractivity contribution >= 4 is 41.2 Å². The van der Waals surface area contributed by atoms with Crippen LogP contribution >= 0.6 is 23.2 Å². The molecule has 2 aromatic rings. The van der Waals surface area contributed by atoms with E-state index >= 15 is 0 Å². The number of benzene rings is 2. The lowest BCUT2D eigenvalue weighted by Gasteiger charge is -2.05. The molecule has 2 N–H and O–H groups in total. The fourth-order valence-electron chi connectivity index (χ4n) is 1.67. The Kier molecular flexibility index (Phi) is 6.28. The second kappa shape index (κ2) is 8.42. The number of carbonyl (C=O) groups is 2. The summed E-state index contributed by atoms with van der Waals surface area (Å²) in [6.07, 6.45) is 1.36. The lowest BCUT2D eigenvalue weighted by Crippen LogP contribution is -2.34. The quantitative estimate of drug-likeness (QED) is 0.629. The minimum Gasteiger partial charge on any atom is -0.343 e. The average Bonchev–Trinajstić information content (AvgIpc) is 2.57. The van der Waals surface area contributed by atoms with Crippen LogP contribution in [0, 0.1) is 5.82 Å². The van der Waals surface area contributed by atoms with Crippen molar-refractivity contribution in [2.75, 3.05) is 6.54 Å². The first-order valence-electron chi connectivity index (χ1n) is 6.76. The van der Waals surface area contributed by atoms with Crippen molar-refractivity contribution in [3.8, 4) is 0 Å². The highest BCUT2D eigenvalue weighted by Crippen LogP contribution is 2.22. The van der Waals surface area contributed by atoms with E-state index in [9.17, 15) is 14.0 Å². The van der Waals surface area contributed by atoms with Gasteiger partial charge in [-0.05, 0) is 35.9 Å². The fourth-order valence-corrected chi connectivity index (χ4v) is 1.97. The Morgan fingerprint density at radius 3 is 2.46 bits per heavy atom. The molecule has 2 rings (SSSR count). The van der Waals surface area contributed by atoms with Crippen LogP contribution in [0.3, 0.4) is 0 Å². The van der Waals surface area contributed by atoms with Crippen molar-refractivity contribution in [1.29, 1.82) is 0 Å². The van der Waals surface area contributed by atoms with E-state index in [1.165, 1.54) is 48.7 Å². The highest BCUT2D eigenvalue weighted by molar-refractivity contribution is 6.42. The molecule has 5 nitrogen and oxygen atoms in total. The molecular weight excluding hydrogens is 356 g/mol. The lowest BCUT2D eigenvalue weighted by atomic mass is 10.2. The van der Waals surface area contributed by atoms with E-state index in [1.54, 1.807) is 0 Å².